The highest BCUT2D eigenvalue weighted by Crippen LogP contribution is 2.21. The van der Waals surface area contributed by atoms with Gasteiger partial charge in [-0.15, -0.1) is 0 Å². The van der Waals surface area contributed by atoms with Crippen molar-refractivity contribution in [2.24, 2.45) is 0 Å². The number of nitrogens with one attached hydrogen (secondary N) is 1. The number of hydrogen-bond acceptors (Lipinski definition) is 7. The number of fused-ring (bicyclic) bond motifs is 1. The zero-order chi connectivity index (χ0) is 15.7. The summed E-state index contributed by atoms with van der Waals surface area (Å²) >= 11 is 0. The fourth-order valence-electron chi connectivity index (χ4n) is 2.55. The van der Waals surface area contributed by atoms with E-state index in [4.69, 9.17) is 10.8 Å². The second-order valence-electron chi connectivity index (χ2n) is 5.55. The minimum atomic E-state index is -1.05. The van der Waals surface area contributed by atoms with Gasteiger partial charge in [-0.2, -0.15) is 9.97 Å². The van der Waals surface area contributed by atoms with E-state index < -0.39 is 5.97 Å². The lowest BCUT2D eigenvalue weighted by Crippen LogP contribution is -2.37. The molecule has 0 radical (unpaired) electrons. The lowest BCUT2D eigenvalue weighted by atomic mass is 10.1. The molecule has 1 saturated heterocycles. The quantitative estimate of drug-likeness (QED) is 0.762. The second-order valence-corrected chi connectivity index (χ2v) is 5.55. The molecule has 0 unspecified atom stereocenters. The van der Waals surface area contributed by atoms with Crippen molar-refractivity contribution in [2.45, 2.75) is 18.9 Å². The molecule has 1 aliphatic heterocycles. The van der Waals surface area contributed by atoms with Gasteiger partial charge < -0.3 is 21.1 Å². The topological polar surface area (TPSA) is 117 Å². The van der Waals surface area contributed by atoms with Crippen LogP contribution in [0.5, 0.6) is 0 Å². The molecule has 2 aromatic rings. The van der Waals surface area contributed by atoms with E-state index in [1.165, 1.54) is 12.3 Å². The first-order valence-corrected chi connectivity index (χ1v) is 7.14. The summed E-state index contributed by atoms with van der Waals surface area (Å²) in [6, 6.07) is 1.76. The third kappa shape index (κ3) is 2.91. The molecule has 2 aromatic heterocycles. The molecule has 8 heteroatoms. The second kappa shape index (κ2) is 5.72. The Morgan fingerprint density at radius 3 is 2.82 bits per heavy atom. The summed E-state index contributed by atoms with van der Waals surface area (Å²) in [6.07, 6.45) is 3.31. The van der Waals surface area contributed by atoms with Crippen LogP contribution in [0.4, 0.5) is 11.8 Å². The van der Waals surface area contributed by atoms with Crippen LogP contribution in [0, 0.1) is 0 Å². The van der Waals surface area contributed by atoms with E-state index in [1.54, 1.807) is 0 Å². The van der Waals surface area contributed by atoms with Gasteiger partial charge in [0.15, 0.2) is 5.65 Å². The summed E-state index contributed by atoms with van der Waals surface area (Å²) in [6.45, 7) is 2.06. The summed E-state index contributed by atoms with van der Waals surface area (Å²) in [7, 11) is 2.10. The van der Waals surface area contributed by atoms with Crippen molar-refractivity contribution in [1.82, 2.24) is 19.9 Å². The van der Waals surface area contributed by atoms with Gasteiger partial charge in [0.1, 0.15) is 5.82 Å². The summed E-state index contributed by atoms with van der Waals surface area (Å²) in [5.74, 6) is -0.381. The predicted molar refractivity (Wildman–Crippen MR) is 82.8 cm³/mol. The van der Waals surface area contributed by atoms with E-state index in [-0.39, 0.29) is 11.4 Å². The van der Waals surface area contributed by atoms with Gasteiger partial charge in [0.05, 0.1) is 10.9 Å². The predicted octanol–water partition coefficient (Wildman–Crippen LogP) is 0.811. The first-order chi connectivity index (χ1) is 10.5. The van der Waals surface area contributed by atoms with Crippen LogP contribution < -0.4 is 11.1 Å². The molecule has 4 N–H and O–H groups in total. The standard InChI is InChI=1S/C14H18N6O2/c1-20-4-2-9(3-5-20)17-14-18-11(15)10-6-8(13(21)22)7-16-12(10)19-14/h6-7,9H,2-5H2,1H3,(H,21,22)(H3,15,16,17,18,19). The molecule has 0 amide bonds. The van der Waals surface area contributed by atoms with Crippen LogP contribution in [0.2, 0.25) is 0 Å². The number of carbonyl (C=O) groups is 1. The minimum Gasteiger partial charge on any atom is -0.478 e. The van der Waals surface area contributed by atoms with Crippen LogP contribution in [0.3, 0.4) is 0 Å². The van der Waals surface area contributed by atoms with Gasteiger partial charge in [0, 0.05) is 12.2 Å². The normalized spacial score (nSPS) is 16.8. The largest absolute Gasteiger partial charge is 0.478 e. The molecule has 22 heavy (non-hydrogen) atoms. The molecule has 3 rings (SSSR count). The van der Waals surface area contributed by atoms with Gasteiger partial charge in [-0.3, -0.25) is 0 Å². The van der Waals surface area contributed by atoms with Crippen molar-refractivity contribution in [2.75, 3.05) is 31.2 Å². The van der Waals surface area contributed by atoms with Crippen LogP contribution in [0.15, 0.2) is 12.3 Å². The van der Waals surface area contributed by atoms with Crippen molar-refractivity contribution < 1.29 is 9.90 Å². The summed E-state index contributed by atoms with van der Waals surface area (Å²) in [5, 5.41) is 12.7. The molecule has 0 bridgehead atoms. The average Bonchev–Trinajstić information content (AvgIpc) is 2.49. The number of nitrogens with zero attached hydrogens (tertiary/aromatic N) is 4. The maximum Gasteiger partial charge on any atom is 0.337 e. The minimum absolute atomic E-state index is 0.0684. The number of likely N-dealkylation sites (tertiary alicyclic amines) is 1. The molecule has 8 nitrogen and oxygen atoms in total. The highest BCUT2D eigenvalue weighted by atomic mass is 16.4. The Balaban J connectivity index is 1.86. The van der Waals surface area contributed by atoms with Crippen molar-refractivity contribution in [3.05, 3.63) is 17.8 Å². The fourth-order valence-corrected chi connectivity index (χ4v) is 2.55. The smallest absolute Gasteiger partial charge is 0.337 e. The van der Waals surface area contributed by atoms with Crippen LogP contribution in [0.1, 0.15) is 23.2 Å². The van der Waals surface area contributed by atoms with Crippen LogP contribution in [0.25, 0.3) is 11.0 Å². The molecule has 1 fully saturated rings. The first kappa shape index (κ1) is 14.5. The Morgan fingerprint density at radius 2 is 2.14 bits per heavy atom. The zero-order valence-corrected chi connectivity index (χ0v) is 12.3. The number of carboxylic acids is 1. The van der Waals surface area contributed by atoms with Crippen LogP contribution >= 0.6 is 0 Å². The maximum absolute atomic E-state index is 11.0. The van der Waals surface area contributed by atoms with Gasteiger partial charge >= 0.3 is 5.97 Å². The van der Waals surface area contributed by atoms with Gasteiger partial charge in [-0.05, 0) is 39.0 Å². The summed E-state index contributed by atoms with van der Waals surface area (Å²) in [5.41, 5.74) is 6.39. The Hall–Kier alpha value is -2.48. The Kier molecular flexibility index (Phi) is 3.76. The Bertz CT molecular complexity index is 712. The molecule has 0 atom stereocenters. The first-order valence-electron chi connectivity index (χ1n) is 7.14. The van der Waals surface area contributed by atoms with E-state index in [1.807, 2.05) is 0 Å². The van der Waals surface area contributed by atoms with Crippen LogP contribution in [-0.2, 0) is 0 Å². The lowest BCUT2D eigenvalue weighted by molar-refractivity contribution is 0.0696. The van der Waals surface area contributed by atoms with Crippen molar-refractivity contribution in [3.63, 3.8) is 0 Å². The van der Waals surface area contributed by atoms with E-state index in [9.17, 15) is 4.79 Å². The van der Waals surface area contributed by atoms with E-state index in [0.29, 0.717) is 23.0 Å². The number of carboxylic acid groups (broad SMARTS) is 1. The van der Waals surface area contributed by atoms with E-state index in [2.05, 4.69) is 32.2 Å². The molecule has 0 aliphatic carbocycles. The highest BCUT2D eigenvalue weighted by molar-refractivity contribution is 5.95. The molecule has 116 valence electrons. The third-order valence-electron chi connectivity index (χ3n) is 3.88. The number of aromatic nitrogens is 3. The van der Waals surface area contributed by atoms with Gasteiger partial charge in [0.25, 0.3) is 0 Å². The fraction of sp³-hybridized carbons (Fsp3) is 0.429. The maximum atomic E-state index is 11.0. The monoisotopic (exact) mass is 302 g/mol. The van der Waals surface area contributed by atoms with Gasteiger partial charge in [-0.1, -0.05) is 0 Å². The molecule has 0 spiro atoms. The number of aromatic carboxylic acids is 1. The summed E-state index contributed by atoms with van der Waals surface area (Å²) < 4.78 is 0. The van der Waals surface area contributed by atoms with Crippen molar-refractivity contribution in [3.8, 4) is 0 Å². The number of rotatable bonds is 3. The molecule has 0 aromatic carbocycles. The van der Waals surface area contributed by atoms with Crippen molar-refractivity contribution in [1.29, 1.82) is 0 Å². The van der Waals surface area contributed by atoms with Gasteiger partial charge in [-0.25, -0.2) is 9.78 Å². The summed E-state index contributed by atoms with van der Waals surface area (Å²) in [4.78, 5) is 25.9. The van der Waals surface area contributed by atoms with E-state index in [0.717, 1.165) is 25.9 Å². The SMILES string of the molecule is CN1CCC(Nc2nc(N)c3cc(C(=O)O)cnc3n2)CC1. The number of pyridine rings is 1. The Labute approximate surface area is 127 Å². The number of nitrogens with two attached hydrogens (primary N) is 1. The average molecular weight is 302 g/mol. The van der Waals surface area contributed by atoms with Crippen LogP contribution in [-0.4, -0.2) is 57.1 Å². The van der Waals surface area contributed by atoms with E-state index >= 15 is 0 Å². The third-order valence-corrected chi connectivity index (χ3v) is 3.88. The number of piperidine rings is 1. The zero-order valence-electron chi connectivity index (χ0n) is 12.3. The number of nitrogen functional groups attached to an aromatic ring is 1. The molecule has 3 heterocycles. The number of hydrogen-bond donors (Lipinski definition) is 3. The Morgan fingerprint density at radius 1 is 1.41 bits per heavy atom. The lowest BCUT2D eigenvalue weighted by Gasteiger charge is -2.29. The van der Waals surface area contributed by atoms with Gasteiger partial charge in [0.2, 0.25) is 5.95 Å². The number of anilines is 2. The molecular weight excluding hydrogens is 284 g/mol. The molecule has 1 aliphatic rings. The molecular formula is C14H18N6O2. The highest BCUT2D eigenvalue weighted by Gasteiger charge is 2.18. The molecule has 0 saturated carbocycles. The van der Waals surface area contributed by atoms with Crippen molar-refractivity contribution >= 4 is 28.8 Å².